The van der Waals surface area contributed by atoms with E-state index in [-0.39, 0.29) is 50.4 Å². The average molecular weight is 234 g/mol. The Morgan fingerprint density at radius 1 is 1.14 bits per heavy atom. The van der Waals surface area contributed by atoms with Crippen LogP contribution in [0.15, 0.2) is 30.3 Å². The maximum atomic E-state index is 5.59. The van der Waals surface area contributed by atoms with Gasteiger partial charge < -0.3 is 1.43 Å². The number of rotatable bonds is 2. The van der Waals surface area contributed by atoms with Crippen LogP contribution < -0.4 is 29.6 Å². The fourth-order valence-electron chi connectivity index (χ4n) is 0.839. The van der Waals surface area contributed by atoms with E-state index in [1.165, 1.54) is 5.56 Å². The van der Waals surface area contributed by atoms with Gasteiger partial charge in [-0.3, -0.25) is 14.1 Å². The van der Waals surface area contributed by atoms with Crippen LogP contribution in [0.1, 0.15) is 6.99 Å². The van der Waals surface area contributed by atoms with Crippen molar-refractivity contribution < 1.29 is 45.1 Å². The third-order valence-electron chi connectivity index (χ3n) is 1.27. The van der Waals surface area contributed by atoms with E-state index in [1.54, 1.807) is 0 Å². The van der Waals surface area contributed by atoms with Crippen LogP contribution in [0.25, 0.3) is 0 Å². The van der Waals surface area contributed by atoms with Crippen LogP contribution >= 0.6 is 11.6 Å². The summed E-state index contributed by atoms with van der Waals surface area (Å²) >= 11 is 5.59. The van der Waals surface area contributed by atoms with Crippen molar-refractivity contribution in [1.29, 1.82) is 0 Å². The van der Waals surface area contributed by atoms with Gasteiger partial charge in [0.25, 0.3) is 0 Å². The van der Waals surface area contributed by atoms with Crippen molar-refractivity contribution in [2.45, 2.75) is 11.7 Å². The first-order valence-corrected chi connectivity index (χ1v) is 3.66. The molecule has 0 fully saturated rings. The molecule has 1 atom stereocenters. The summed E-state index contributed by atoms with van der Waals surface area (Å²) in [5.74, 6) is 0. The van der Waals surface area contributed by atoms with Gasteiger partial charge in [-0.05, 0) is 17.3 Å². The van der Waals surface area contributed by atoms with Crippen molar-refractivity contribution in [2.24, 2.45) is 0 Å². The first-order valence-electron chi connectivity index (χ1n) is 3.22. The molecule has 0 aliphatic rings. The molecule has 0 N–H and O–H groups in total. The van der Waals surface area contributed by atoms with Crippen molar-refractivity contribution >= 4 is 19.4 Å². The molecule has 0 nitrogen and oxygen atoms in total. The fourth-order valence-corrected chi connectivity index (χ4v) is 1.02. The summed E-state index contributed by atoms with van der Waals surface area (Å²) in [5, 5.41) is -0.262. The van der Waals surface area contributed by atoms with Gasteiger partial charge in [-0.15, -0.1) is 11.6 Å². The Morgan fingerprint density at radius 2 is 1.57 bits per heavy atom. The van der Waals surface area contributed by atoms with Gasteiger partial charge >= 0.3 is 29.6 Å². The molecule has 0 spiro atoms. The minimum absolute atomic E-state index is 0. The molecule has 1 aromatic rings. The van der Waals surface area contributed by atoms with Gasteiger partial charge in [0.2, 0.25) is 0 Å². The van der Waals surface area contributed by atoms with Gasteiger partial charge in [-0.25, -0.2) is 0 Å². The zero-order valence-electron chi connectivity index (χ0n) is 8.85. The molecule has 0 bridgehead atoms. The average Bonchev–Trinajstić information content (AvgIpc) is 1.88. The molecule has 76 valence electrons. The largest absolute Gasteiger partial charge is 1.00 e. The van der Waals surface area contributed by atoms with Crippen molar-refractivity contribution in [3.05, 3.63) is 35.9 Å². The molecule has 0 saturated carbocycles. The quantitative estimate of drug-likeness (QED) is 0.480. The van der Waals surface area contributed by atoms with Gasteiger partial charge in [0.15, 0.2) is 0 Å². The summed E-state index contributed by atoms with van der Waals surface area (Å²) < 4.78 is 0. The zero-order chi connectivity index (χ0) is 7.40. The molecule has 0 saturated heterocycles. The smallest absolute Gasteiger partial charge is 1.00 e. The molecule has 0 aliphatic carbocycles. The van der Waals surface area contributed by atoms with Gasteiger partial charge in [-0.2, -0.15) is 0 Å². The minimum Gasteiger partial charge on any atom is -1.00 e. The SMILES string of the molecule is F.F.F.[B]C(Cl)Cc1ccccc1.[H-].[Na+]. The van der Waals surface area contributed by atoms with Gasteiger partial charge in [0, 0.05) is 0 Å². The molecular formula is C8H12BClF3Na. The first-order chi connectivity index (χ1) is 4.79. The maximum absolute atomic E-state index is 5.59. The minimum atomic E-state index is -0.262. The summed E-state index contributed by atoms with van der Waals surface area (Å²) in [4.78, 5) is 0. The standard InChI is InChI=1S/C8H8BCl.3FH.Na.H/c9-8(10)6-7-4-2-1-3-5-7;;;;;/h1-5,8H,6H2;3*1H;;/q;;;;+1;-1. The second kappa shape index (κ2) is 13.4. The Bertz CT molecular complexity index is 204. The summed E-state index contributed by atoms with van der Waals surface area (Å²) in [6.45, 7) is 0. The van der Waals surface area contributed by atoms with Crippen LogP contribution in [0.3, 0.4) is 0 Å². The summed E-state index contributed by atoms with van der Waals surface area (Å²) in [5.41, 5.74) is 1.19. The maximum Gasteiger partial charge on any atom is 1.00 e. The molecule has 14 heavy (non-hydrogen) atoms. The van der Waals surface area contributed by atoms with Gasteiger partial charge in [0.05, 0.1) is 7.85 Å². The van der Waals surface area contributed by atoms with E-state index in [1.807, 2.05) is 30.3 Å². The van der Waals surface area contributed by atoms with Crippen LogP contribution in [0.5, 0.6) is 0 Å². The van der Waals surface area contributed by atoms with E-state index in [0.717, 1.165) is 6.42 Å². The van der Waals surface area contributed by atoms with Gasteiger partial charge in [-0.1, -0.05) is 30.3 Å². The summed E-state index contributed by atoms with van der Waals surface area (Å²) in [7, 11) is 5.39. The van der Waals surface area contributed by atoms with E-state index < -0.39 is 0 Å². The molecule has 6 heteroatoms. The second-order valence-corrected chi connectivity index (χ2v) is 2.77. The van der Waals surface area contributed by atoms with Crippen molar-refractivity contribution in [3.63, 3.8) is 0 Å². The van der Waals surface area contributed by atoms with Crippen LogP contribution in [0.4, 0.5) is 14.1 Å². The molecule has 2 radical (unpaired) electrons. The predicted octanol–water partition coefficient (Wildman–Crippen LogP) is -0.464. The Kier molecular flexibility index (Phi) is 22.8. The van der Waals surface area contributed by atoms with Gasteiger partial charge in [0.1, 0.15) is 0 Å². The number of alkyl halides is 1. The zero-order valence-corrected chi connectivity index (χ0v) is 10.6. The number of benzene rings is 1. The molecular weight excluding hydrogens is 222 g/mol. The van der Waals surface area contributed by atoms with Crippen LogP contribution in [0, 0.1) is 0 Å². The summed E-state index contributed by atoms with van der Waals surface area (Å²) in [6, 6.07) is 9.97. The van der Waals surface area contributed by atoms with Crippen LogP contribution in [0.2, 0.25) is 0 Å². The normalized spacial score (nSPS) is 9.21. The molecule has 1 aromatic carbocycles. The monoisotopic (exact) mass is 234 g/mol. The summed E-state index contributed by atoms with van der Waals surface area (Å²) in [6.07, 6.45) is 0.738. The van der Waals surface area contributed by atoms with E-state index in [2.05, 4.69) is 0 Å². The predicted molar refractivity (Wildman–Crippen MR) is 54.2 cm³/mol. The van der Waals surface area contributed by atoms with E-state index in [9.17, 15) is 0 Å². The molecule has 0 amide bonds. The fraction of sp³-hybridized carbons (Fsp3) is 0.250. The van der Waals surface area contributed by atoms with Crippen LogP contribution in [-0.2, 0) is 6.42 Å². The van der Waals surface area contributed by atoms with Crippen LogP contribution in [-0.4, -0.2) is 13.1 Å². The van der Waals surface area contributed by atoms with Crippen molar-refractivity contribution in [3.8, 4) is 0 Å². The third-order valence-corrected chi connectivity index (χ3v) is 1.43. The Balaban J connectivity index is -0.0000000667. The Hall–Kier alpha value is 0.365. The Labute approximate surface area is 112 Å². The molecule has 0 aliphatic heterocycles. The number of hydrogen-bond acceptors (Lipinski definition) is 0. The van der Waals surface area contributed by atoms with E-state index in [4.69, 9.17) is 19.4 Å². The number of halogens is 4. The van der Waals surface area contributed by atoms with Crippen molar-refractivity contribution in [1.82, 2.24) is 0 Å². The topological polar surface area (TPSA) is 0 Å². The molecule has 1 unspecified atom stereocenters. The van der Waals surface area contributed by atoms with E-state index in [0.29, 0.717) is 0 Å². The first kappa shape index (κ1) is 23.9. The second-order valence-electron chi connectivity index (χ2n) is 2.21. The van der Waals surface area contributed by atoms with Crippen molar-refractivity contribution in [2.75, 3.05) is 0 Å². The molecule has 1 rings (SSSR count). The van der Waals surface area contributed by atoms with E-state index >= 15 is 0 Å². The molecule has 0 heterocycles. The third kappa shape index (κ3) is 10.4. The number of hydrogen-bond donors (Lipinski definition) is 0. The molecule has 0 aromatic heterocycles. The Morgan fingerprint density at radius 3 is 1.93 bits per heavy atom.